The number of pyridine rings is 3. The van der Waals surface area contributed by atoms with Gasteiger partial charge < -0.3 is 4.98 Å². The van der Waals surface area contributed by atoms with E-state index in [0.29, 0.717) is 11.3 Å². The van der Waals surface area contributed by atoms with Crippen molar-refractivity contribution >= 4 is 21.9 Å². The van der Waals surface area contributed by atoms with Crippen LogP contribution in [-0.2, 0) is 0 Å². The number of nitrogens with zero attached hydrogens (tertiary/aromatic N) is 3. The molecule has 0 aliphatic heterocycles. The van der Waals surface area contributed by atoms with Crippen molar-refractivity contribution in [1.29, 1.82) is 0 Å². The van der Waals surface area contributed by atoms with Gasteiger partial charge >= 0.3 is 0 Å². The average Bonchev–Trinajstić information content (AvgIpc) is 2.85. The van der Waals surface area contributed by atoms with E-state index in [1.165, 1.54) is 12.3 Å². The first-order valence-electron chi connectivity index (χ1n) is 6.16. The van der Waals surface area contributed by atoms with Crippen molar-refractivity contribution in [2.75, 3.05) is 0 Å². The lowest BCUT2D eigenvalue weighted by atomic mass is 10.1. The van der Waals surface area contributed by atoms with Gasteiger partial charge in [0, 0.05) is 41.0 Å². The van der Waals surface area contributed by atoms with Crippen LogP contribution in [0.4, 0.5) is 4.39 Å². The maximum absolute atomic E-state index is 13.2. The van der Waals surface area contributed by atoms with Gasteiger partial charge in [0.05, 0.1) is 11.2 Å². The fourth-order valence-corrected chi connectivity index (χ4v) is 2.34. The summed E-state index contributed by atoms with van der Waals surface area (Å²) in [7, 11) is 0. The van der Waals surface area contributed by atoms with Crippen molar-refractivity contribution < 1.29 is 4.39 Å². The monoisotopic (exact) mass is 263 g/mol. The zero-order chi connectivity index (χ0) is 13.5. The second kappa shape index (κ2) is 4.09. The molecule has 0 spiro atoms. The summed E-state index contributed by atoms with van der Waals surface area (Å²) in [4.78, 5) is 15.5. The normalized spacial score (nSPS) is 11.2. The molecule has 1 N–H and O–H groups in total. The van der Waals surface area contributed by atoms with Gasteiger partial charge in [0.15, 0.2) is 0 Å². The van der Waals surface area contributed by atoms with Gasteiger partial charge in [-0.1, -0.05) is 0 Å². The van der Waals surface area contributed by atoms with Crippen LogP contribution in [0.2, 0.25) is 0 Å². The van der Waals surface area contributed by atoms with Gasteiger partial charge in [-0.15, -0.1) is 0 Å². The number of aromatic amines is 1. The summed E-state index contributed by atoms with van der Waals surface area (Å²) in [5, 5.41) is 2.04. The molecular formula is C15H9FN4. The molecule has 0 aromatic carbocycles. The summed E-state index contributed by atoms with van der Waals surface area (Å²) in [6, 6.07) is 8.86. The quantitative estimate of drug-likeness (QED) is 0.536. The molecule has 4 aromatic heterocycles. The molecule has 0 aliphatic rings. The maximum atomic E-state index is 13.2. The standard InChI is InChI=1S/C15H9FN4/c16-14-7-9(3-6-18-14)12-2-1-10-11-8-17-5-4-13(11)20-15(10)19-12/h1-8H,(H,19,20)/i16-1. The first-order chi connectivity index (χ1) is 9.81. The van der Waals surface area contributed by atoms with Gasteiger partial charge in [-0.3, -0.25) is 4.98 Å². The molecule has 0 unspecified atom stereocenters. The Morgan fingerprint density at radius 1 is 1.00 bits per heavy atom. The van der Waals surface area contributed by atoms with E-state index in [4.69, 9.17) is 0 Å². The number of halogens is 1. The average molecular weight is 263 g/mol. The van der Waals surface area contributed by atoms with Crippen molar-refractivity contribution in [3.8, 4) is 11.3 Å². The second-order valence-electron chi connectivity index (χ2n) is 4.51. The van der Waals surface area contributed by atoms with Crippen LogP contribution in [-0.4, -0.2) is 19.9 Å². The molecule has 0 radical (unpaired) electrons. The Hall–Kier alpha value is -2.82. The number of aromatic nitrogens is 4. The molecule has 0 amide bonds. The molecule has 0 bridgehead atoms. The van der Waals surface area contributed by atoms with Crippen molar-refractivity contribution in [1.82, 2.24) is 19.9 Å². The second-order valence-corrected chi connectivity index (χ2v) is 4.51. The van der Waals surface area contributed by atoms with Crippen LogP contribution in [0.3, 0.4) is 0 Å². The van der Waals surface area contributed by atoms with Gasteiger partial charge in [0.2, 0.25) is 5.95 Å². The van der Waals surface area contributed by atoms with Gasteiger partial charge in [-0.05, 0) is 24.3 Å². The third kappa shape index (κ3) is 1.64. The molecule has 4 heterocycles. The Labute approximate surface area is 113 Å². The smallest absolute Gasteiger partial charge is 0.213 e. The highest BCUT2D eigenvalue weighted by atomic mass is 18.2. The molecule has 96 valence electrons. The van der Waals surface area contributed by atoms with E-state index in [1.807, 2.05) is 24.4 Å². The molecule has 4 nitrogen and oxygen atoms in total. The van der Waals surface area contributed by atoms with Crippen molar-refractivity contribution in [2.24, 2.45) is 0 Å². The van der Waals surface area contributed by atoms with Crippen molar-refractivity contribution in [3.63, 3.8) is 0 Å². The van der Waals surface area contributed by atoms with Gasteiger partial charge in [-0.25, -0.2) is 9.97 Å². The van der Waals surface area contributed by atoms with E-state index in [9.17, 15) is 4.39 Å². The number of hydrogen-bond acceptors (Lipinski definition) is 3. The zero-order valence-electron chi connectivity index (χ0n) is 10.3. The first-order valence-corrected chi connectivity index (χ1v) is 6.16. The summed E-state index contributed by atoms with van der Waals surface area (Å²) >= 11 is 0. The Kier molecular flexibility index (Phi) is 2.26. The van der Waals surface area contributed by atoms with E-state index in [-0.39, 0.29) is 0 Å². The third-order valence-corrected chi connectivity index (χ3v) is 3.28. The Morgan fingerprint density at radius 3 is 2.85 bits per heavy atom. The summed E-state index contributed by atoms with van der Waals surface area (Å²) in [5.41, 5.74) is 3.16. The molecular weight excluding hydrogens is 254 g/mol. The lowest BCUT2D eigenvalue weighted by molar-refractivity contribution is 0.584. The first kappa shape index (κ1) is 11.0. The minimum absolute atomic E-state index is 0.509. The summed E-state index contributed by atoms with van der Waals surface area (Å²) in [6.45, 7) is 0. The molecule has 5 heteroatoms. The molecule has 4 aromatic rings. The molecule has 0 saturated carbocycles. The summed E-state index contributed by atoms with van der Waals surface area (Å²) < 4.78 is 13.2. The molecule has 0 saturated heterocycles. The summed E-state index contributed by atoms with van der Waals surface area (Å²) in [6.07, 6.45) is 4.98. The number of hydrogen-bond donors (Lipinski definition) is 1. The predicted octanol–water partition coefficient (Wildman–Crippen LogP) is 3.31. The lowest BCUT2D eigenvalue weighted by Gasteiger charge is -2.00. The topological polar surface area (TPSA) is 54.5 Å². The van der Waals surface area contributed by atoms with Gasteiger partial charge in [0.25, 0.3) is 0 Å². The number of rotatable bonds is 1. The van der Waals surface area contributed by atoms with Gasteiger partial charge in [0.1, 0.15) is 5.65 Å². The third-order valence-electron chi connectivity index (χ3n) is 3.28. The lowest BCUT2D eigenvalue weighted by Crippen LogP contribution is -1.87. The number of H-pyrrole nitrogens is 1. The largest absolute Gasteiger partial charge is 0.339 e. The number of fused-ring (bicyclic) bond motifs is 3. The molecule has 20 heavy (non-hydrogen) atoms. The molecule has 0 atom stereocenters. The Balaban J connectivity index is 1.97. The van der Waals surface area contributed by atoms with Gasteiger partial charge in [-0.2, -0.15) is 4.39 Å². The highest BCUT2D eigenvalue weighted by Gasteiger charge is 2.07. The fourth-order valence-electron chi connectivity index (χ4n) is 2.34. The minimum atomic E-state index is -0.509. The van der Waals surface area contributed by atoms with E-state index >= 15 is 0 Å². The SMILES string of the molecule is [18F]c1cc(-c2ccc3c(n2)[nH]c2ccncc23)ccn1. The van der Waals surface area contributed by atoms with Crippen LogP contribution in [0.5, 0.6) is 0 Å². The Morgan fingerprint density at radius 2 is 1.95 bits per heavy atom. The van der Waals surface area contributed by atoms with Crippen LogP contribution >= 0.6 is 0 Å². The highest BCUT2D eigenvalue weighted by Crippen LogP contribution is 2.26. The van der Waals surface area contributed by atoms with E-state index in [2.05, 4.69) is 19.9 Å². The van der Waals surface area contributed by atoms with Crippen molar-refractivity contribution in [2.45, 2.75) is 0 Å². The van der Waals surface area contributed by atoms with Crippen LogP contribution in [0.25, 0.3) is 33.2 Å². The fraction of sp³-hybridized carbons (Fsp3) is 0. The van der Waals surface area contributed by atoms with Crippen LogP contribution in [0.1, 0.15) is 0 Å². The maximum Gasteiger partial charge on any atom is 0.213 e. The number of nitrogens with one attached hydrogen (secondary N) is 1. The molecule has 0 aliphatic carbocycles. The molecule has 0 fully saturated rings. The van der Waals surface area contributed by atoms with E-state index in [0.717, 1.165) is 21.9 Å². The molecule has 4 rings (SSSR count). The van der Waals surface area contributed by atoms with Crippen LogP contribution in [0, 0.1) is 5.95 Å². The summed E-state index contributed by atoms with van der Waals surface area (Å²) in [5.74, 6) is -0.509. The zero-order valence-corrected chi connectivity index (χ0v) is 10.3. The van der Waals surface area contributed by atoms with Crippen molar-refractivity contribution in [3.05, 3.63) is 54.9 Å². The van der Waals surface area contributed by atoms with Crippen LogP contribution < -0.4 is 0 Å². The predicted molar refractivity (Wildman–Crippen MR) is 74.6 cm³/mol. The highest BCUT2D eigenvalue weighted by molar-refractivity contribution is 6.05. The Bertz CT molecular complexity index is 929. The van der Waals surface area contributed by atoms with E-state index in [1.54, 1.807) is 12.3 Å². The van der Waals surface area contributed by atoms with E-state index < -0.39 is 5.95 Å². The minimum Gasteiger partial charge on any atom is -0.339 e. The van der Waals surface area contributed by atoms with Crippen LogP contribution in [0.15, 0.2) is 48.9 Å².